The molecule has 0 unspecified atom stereocenters. The Balaban J connectivity index is 1.59. The first-order chi connectivity index (χ1) is 12.5. The van der Waals surface area contributed by atoms with Crippen LogP contribution in [0.1, 0.15) is 25.0 Å². The molecule has 0 bridgehead atoms. The number of benzene rings is 1. The van der Waals surface area contributed by atoms with Crippen LogP contribution < -0.4 is 10.5 Å². The van der Waals surface area contributed by atoms with E-state index in [1.165, 1.54) is 5.56 Å². The van der Waals surface area contributed by atoms with Crippen LogP contribution in [-0.2, 0) is 13.1 Å². The molecule has 1 fully saturated rings. The number of anilines is 1. The zero-order valence-electron chi connectivity index (χ0n) is 15.4. The summed E-state index contributed by atoms with van der Waals surface area (Å²) in [5.74, 6) is 1.27. The van der Waals surface area contributed by atoms with Gasteiger partial charge in [-0.15, -0.1) is 0 Å². The first-order valence-corrected chi connectivity index (χ1v) is 9.09. The molecule has 6 heteroatoms. The molecule has 0 N–H and O–H groups in total. The highest BCUT2D eigenvalue weighted by Gasteiger charge is 2.19. The molecule has 0 aliphatic carbocycles. The van der Waals surface area contributed by atoms with E-state index in [2.05, 4.69) is 34.8 Å². The second kappa shape index (κ2) is 8.15. The van der Waals surface area contributed by atoms with Gasteiger partial charge in [0, 0.05) is 45.3 Å². The molecule has 26 heavy (non-hydrogen) atoms. The molecule has 1 saturated heterocycles. The van der Waals surface area contributed by atoms with E-state index < -0.39 is 0 Å². The number of hydrogen-bond acceptors (Lipinski definition) is 5. The van der Waals surface area contributed by atoms with Crippen molar-refractivity contribution < 1.29 is 0 Å². The Morgan fingerprint density at radius 3 is 2.38 bits per heavy atom. The second-order valence-electron chi connectivity index (χ2n) is 7.18. The van der Waals surface area contributed by atoms with Crippen molar-refractivity contribution in [1.29, 1.82) is 5.26 Å². The predicted molar refractivity (Wildman–Crippen MR) is 102 cm³/mol. The Hall–Kier alpha value is -2.65. The Morgan fingerprint density at radius 1 is 1.08 bits per heavy atom. The lowest BCUT2D eigenvalue weighted by molar-refractivity contribution is 0.249. The highest BCUT2D eigenvalue weighted by molar-refractivity contribution is 5.37. The molecule has 136 valence electrons. The summed E-state index contributed by atoms with van der Waals surface area (Å²) in [7, 11) is 0. The van der Waals surface area contributed by atoms with Gasteiger partial charge in [-0.2, -0.15) is 10.4 Å². The van der Waals surface area contributed by atoms with Gasteiger partial charge in [-0.25, -0.2) is 4.68 Å². The number of piperazine rings is 1. The third-order valence-electron chi connectivity index (χ3n) is 4.58. The van der Waals surface area contributed by atoms with Crippen LogP contribution in [0.4, 0.5) is 5.82 Å². The molecule has 1 aliphatic rings. The van der Waals surface area contributed by atoms with E-state index >= 15 is 0 Å². The summed E-state index contributed by atoms with van der Waals surface area (Å²) in [5.41, 5.74) is 1.88. The number of rotatable bonds is 5. The van der Waals surface area contributed by atoms with E-state index in [0.29, 0.717) is 18.0 Å². The zero-order valence-corrected chi connectivity index (χ0v) is 15.4. The number of nitriles is 1. The summed E-state index contributed by atoms with van der Waals surface area (Å²) in [5, 5.41) is 13.4. The number of hydrogen-bond donors (Lipinski definition) is 0. The molecular formula is C20H25N5O. The Morgan fingerprint density at radius 2 is 1.77 bits per heavy atom. The Kier molecular flexibility index (Phi) is 5.69. The fourth-order valence-electron chi connectivity index (χ4n) is 3.16. The van der Waals surface area contributed by atoms with Gasteiger partial charge in [0.2, 0.25) is 0 Å². The quantitative estimate of drug-likeness (QED) is 0.825. The van der Waals surface area contributed by atoms with Crippen molar-refractivity contribution >= 4 is 5.82 Å². The maximum atomic E-state index is 11.9. The van der Waals surface area contributed by atoms with Crippen molar-refractivity contribution in [3.63, 3.8) is 0 Å². The van der Waals surface area contributed by atoms with E-state index in [1.807, 2.05) is 30.3 Å². The van der Waals surface area contributed by atoms with Gasteiger partial charge in [0.25, 0.3) is 5.56 Å². The monoisotopic (exact) mass is 351 g/mol. The minimum absolute atomic E-state index is 0.0399. The van der Waals surface area contributed by atoms with Gasteiger partial charge in [0.1, 0.15) is 5.82 Å². The molecule has 1 aromatic carbocycles. The smallest absolute Gasteiger partial charge is 0.266 e. The van der Waals surface area contributed by atoms with Gasteiger partial charge in [-0.05, 0) is 29.7 Å². The molecule has 2 heterocycles. The van der Waals surface area contributed by atoms with Crippen LogP contribution in [0.3, 0.4) is 0 Å². The van der Waals surface area contributed by atoms with E-state index in [0.717, 1.165) is 38.5 Å². The third kappa shape index (κ3) is 4.50. The topological polar surface area (TPSA) is 65.2 Å². The molecule has 0 amide bonds. The molecule has 1 aliphatic heterocycles. The van der Waals surface area contributed by atoms with Crippen LogP contribution in [0.2, 0.25) is 0 Å². The minimum atomic E-state index is -0.0399. The van der Waals surface area contributed by atoms with Crippen LogP contribution >= 0.6 is 0 Å². The first-order valence-electron chi connectivity index (χ1n) is 9.09. The van der Waals surface area contributed by atoms with Crippen molar-refractivity contribution in [3.8, 4) is 6.07 Å². The standard InChI is InChI=1S/C20H25N5O/c1-16(2)14-25-20(26)8-7-19(22-25)24-11-9-23(10-12-24)15-18-5-3-17(13-21)4-6-18/h3-8,16H,9-12,14-15H2,1-2H3. The maximum Gasteiger partial charge on any atom is 0.266 e. The highest BCUT2D eigenvalue weighted by atomic mass is 16.1. The summed E-state index contributed by atoms with van der Waals surface area (Å²) in [4.78, 5) is 16.6. The number of nitrogens with zero attached hydrogens (tertiary/aromatic N) is 5. The fourth-order valence-corrected chi connectivity index (χ4v) is 3.16. The van der Waals surface area contributed by atoms with E-state index in [1.54, 1.807) is 10.7 Å². The second-order valence-corrected chi connectivity index (χ2v) is 7.18. The van der Waals surface area contributed by atoms with Gasteiger partial charge in [-0.3, -0.25) is 9.69 Å². The third-order valence-corrected chi connectivity index (χ3v) is 4.58. The van der Waals surface area contributed by atoms with Crippen LogP contribution in [-0.4, -0.2) is 40.9 Å². The van der Waals surface area contributed by atoms with Gasteiger partial charge >= 0.3 is 0 Å². The van der Waals surface area contributed by atoms with Crippen molar-refractivity contribution in [2.24, 2.45) is 5.92 Å². The van der Waals surface area contributed by atoms with Crippen molar-refractivity contribution in [1.82, 2.24) is 14.7 Å². The Bertz CT molecular complexity index is 827. The van der Waals surface area contributed by atoms with E-state index in [4.69, 9.17) is 5.26 Å². The molecule has 0 radical (unpaired) electrons. The van der Waals surface area contributed by atoms with Crippen LogP contribution in [0, 0.1) is 17.2 Å². The number of aromatic nitrogens is 2. The largest absolute Gasteiger partial charge is 0.353 e. The SMILES string of the molecule is CC(C)Cn1nc(N2CCN(Cc3ccc(C#N)cc3)CC2)ccc1=O. The van der Waals surface area contributed by atoms with E-state index in [9.17, 15) is 4.79 Å². The van der Waals surface area contributed by atoms with Gasteiger partial charge in [-0.1, -0.05) is 26.0 Å². The average Bonchev–Trinajstić information content (AvgIpc) is 2.64. The summed E-state index contributed by atoms with van der Waals surface area (Å²) in [6.07, 6.45) is 0. The molecular weight excluding hydrogens is 326 g/mol. The Labute approximate surface area is 154 Å². The molecule has 0 atom stereocenters. The lowest BCUT2D eigenvalue weighted by atomic mass is 10.1. The molecule has 6 nitrogen and oxygen atoms in total. The normalized spacial score (nSPS) is 15.2. The predicted octanol–water partition coefficient (Wildman–Crippen LogP) is 2.09. The van der Waals surface area contributed by atoms with Crippen molar-refractivity contribution in [2.45, 2.75) is 26.9 Å². The molecule has 3 rings (SSSR count). The lowest BCUT2D eigenvalue weighted by Crippen LogP contribution is -2.46. The molecule has 1 aromatic heterocycles. The van der Waals surface area contributed by atoms with Gasteiger partial charge in [0.15, 0.2) is 0 Å². The summed E-state index contributed by atoms with van der Waals surface area (Å²) in [6, 6.07) is 13.4. The van der Waals surface area contributed by atoms with Gasteiger partial charge in [0.05, 0.1) is 11.6 Å². The van der Waals surface area contributed by atoms with E-state index in [-0.39, 0.29) is 5.56 Å². The molecule has 0 saturated carbocycles. The first kappa shape index (κ1) is 18.2. The fraction of sp³-hybridized carbons (Fsp3) is 0.450. The molecule has 0 spiro atoms. The summed E-state index contributed by atoms with van der Waals surface area (Å²) >= 11 is 0. The minimum Gasteiger partial charge on any atom is -0.353 e. The average molecular weight is 351 g/mol. The maximum absolute atomic E-state index is 11.9. The highest BCUT2D eigenvalue weighted by Crippen LogP contribution is 2.14. The van der Waals surface area contributed by atoms with Crippen molar-refractivity contribution in [2.75, 3.05) is 31.1 Å². The van der Waals surface area contributed by atoms with Gasteiger partial charge < -0.3 is 4.90 Å². The zero-order chi connectivity index (χ0) is 18.5. The van der Waals surface area contributed by atoms with Crippen LogP contribution in [0.25, 0.3) is 0 Å². The van der Waals surface area contributed by atoms with Crippen LogP contribution in [0.5, 0.6) is 0 Å². The lowest BCUT2D eigenvalue weighted by Gasteiger charge is -2.35. The van der Waals surface area contributed by atoms with Crippen LogP contribution in [0.15, 0.2) is 41.2 Å². The van der Waals surface area contributed by atoms with Crippen molar-refractivity contribution in [3.05, 3.63) is 57.9 Å². The summed E-state index contributed by atoms with van der Waals surface area (Å²) in [6.45, 7) is 9.39. The summed E-state index contributed by atoms with van der Waals surface area (Å²) < 4.78 is 1.57. The molecule has 2 aromatic rings.